The van der Waals surface area contributed by atoms with Crippen molar-refractivity contribution in [2.45, 2.75) is 12.6 Å². The summed E-state index contributed by atoms with van der Waals surface area (Å²) >= 11 is 3.40. The van der Waals surface area contributed by atoms with E-state index in [1.807, 2.05) is 12.1 Å². The largest absolute Gasteiger partial charge is 0.465 e. The third-order valence-electron chi connectivity index (χ3n) is 6.37. The Hall–Kier alpha value is -4.11. The van der Waals surface area contributed by atoms with Gasteiger partial charge < -0.3 is 23.5 Å². The van der Waals surface area contributed by atoms with E-state index in [0.29, 0.717) is 33.6 Å². The van der Waals surface area contributed by atoms with Crippen LogP contribution in [0.4, 0.5) is 0 Å². The molecule has 0 saturated heterocycles. The molecule has 0 saturated carbocycles. The number of methoxy groups -OCH3 is 1. The number of amides is 1. The van der Waals surface area contributed by atoms with Crippen LogP contribution >= 0.6 is 15.9 Å². The molecule has 1 atom stereocenters. The second-order valence-electron chi connectivity index (χ2n) is 8.45. The van der Waals surface area contributed by atoms with E-state index >= 15 is 0 Å². The molecule has 9 heteroatoms. The van der Waals surface area contributed by atoms with Crippen LogP contribution in [0.1, 0.15) is 43.6 Å². The van der Waals surface area contributed by atoms with Crippen molar-refractivity contribution in [3.63, 3.8) is 0 Å². The van der Waals surface area contributed by atoms with Crippen LogP contribution in [-0.4, -0.2) is 30.7 Å². The van der Waals surface area contributed by atoms with Crippen molar-refractivity contribution in [3.8, 4) is 11.5 Å². The maximum Gasteiger partial charge on any atom is 0.337 e. The predicted molar refractivity (Wildman–Crippen MR) is 132 cm³/mol. The first-order valence-electron chi connectivity index (χ1n) is 11.1. The fourth-order valence-electron chi connectivity index (χ4n) is 4.66. The van der Waals surface area contributed by atoms with Gasteiger partial charge in [0.05, 0.1) is 29.7 Å². The first-order chi connectivity index (χ1) is 17.4. The molecule has 0 radical (unpaired) electrons. The maximum absolute atomic E-state index is 13.7. The Labute approximate surface area is 213 Å². The van der Waals surface area contributed by atoms with Crippen molar-refractivity contribution in [3.05, 3.63) is 103 Å². The minimum atomic E-state index is -0.718. The van der Waals surface area contributed by atoms with Crippen LogP contribution in [0.25, 0.3) is 11.0 Å². The molecule has 8 nitrogen and oxygen atoms in total. The summed E-state index contributed by atoms with van der Waals surface area (Å²) in [7, 11) is 1.31. The first kappa shape index (κ1) is 22.4. The average molecular weight is 548 g/mol. The van der Waals surface area contributed by atoms with E-state index in [-0.39, 0.29) is 30.1 Å². The fourth-order valence-corrected chi connectivity index (χ4v) is 5.02. The lowest BCUT2D eigenvalue weighted by atomic mass is 9.97. The number of halogens is 1. The Balaban J connectivity index is 1.50. The van der Waals surface area contributed by atoms with Crippen molar-refractivity contribution in [1.29, 1.82) is 0 Å². The molecule has 3 heterocycles. The Bertz CT molecular complexity index is 1610. The smallest absolute Gasteiger partial charge is 0.337 e. The lowest BCUT2D eigenvalue weighted by Crippen LogP contribution is -2.29. The highest BCUT2D eigenvalue weighted by atomic mass is 79.9. The summed E-state index contributed by atoms with van der Waals surface area (Å²) in [5, 5.41) is 0.372. The second-order valence-corrected chi connectivity index (χ2v) is 9.37. The number of carbonyl (C=O) groups is 2. The van der Waals surface area contributed by atoms with E-state index in [0.717, 1.165) is 10.0 Å². The lowest BCUT2D eigenvalue weighted by Gasteiger charge is -2.25. The van der Waals surface area contributed by atoms with Gasteiger partial charge in [0.2, 0.25) is 12.6 Å². The molecule has 1 amide bonds. The summed E-state index contributed by atoms with van der Waals surface area (Å²) in [6.07, 6.45) is 0. The molecule has 0 fully saturated rings. The zero-order valence-electron chi connectivity index (χ0n) is 18.9. The van der Waals surface area contributed by atoms with Gasteiger partial charge in [0.15, 0.2) is 16.9 Å². The van der Waals surface area contributed by atoms with Gasteiger partial charge in [0.25, 0.3) is 5.91 Å². The third-order valence-corrected chi connectivity index (χ3v) is 6.86. The predicted octanol–water partition coefficient (Wildman–Crippen LogP) is 4.82. The number of hydrogen-bond donors (Lipinski definition) is 0. The lowest BCUT2D eigenvalue weighted by molar-refractivity contribution is 0.0599. The summed E-state index contributed by atoms with van der Waals surface area (Å²) in [6, 6.07) is 16.5. The number of esters is 1. The Morgan fingerprint density at radius 1 is 1.03 bits per heavy atom. The molecule has 1 aromatic heterocycles. The highest BCUT2D eigenvalue weighted by Gasteiger charge is 2.43. The molecule has 36 heavy (non-hydrogen) atoms. The highest BCUT2D eigenvalue weighted by molar-refractivity contribution is 9.10. The standard InChI is InChI=1S/C27H18BrNO7/c1-33-27(32)16-5-3-15(4-6-16)23-22-24(30)18-11-17(28)7-9-19(18)36-25(22)26(31)29(23)12-14-2-8-20-21(10-14)35-13-34-20/h2-11,23H,12-13H2,1H3. The zero-order chi connectivity index (χ0) is 25.0. The van der Waals surface area contributed by atoms with Gasteiger partial charge in [-0.1, -0.05) is 34.1 Å². The molecule has 3 aromatic carbocycles. The average Bonchev–Trinajstić information content (AvgIpc) is 3.47. The Morgan fingerprint density at radius 3 is 2.58 bits per heavy atom. The van der Waals surface area contributed by atoms with Crippen LogP contribution < -0.4 is 14.9 Å². The molecule has 0 spiro atoms. The highest BCUT2D eigenvalue weighted by Crippen LogP contribution is 2.40. The maximum atomic E-state index is 13.7. The summed E-state index contributed by atoms with van der Waals surface area (Å²) < 4.78 is 22.4. The van der Waals surface area contributed by atoms with E-state index in [1.54, 1.807) is 53.4 Å². The van der Waals surface area contributed by atoms with Crippen LogP contribution in [0.3, 0.4) is 0 Å². The van der Waals surface area contributed by atoms with Gasteiger partial charge in [0.1, 0.15) is 5.58 Å². The van der Waals surface area contributed by atoms with Crippen molar-refractivity contribution in [2.24, 2.45) is 0 Å². The minimum absolute atomic E-state index is 0.0117. The molecule has 2 aliphatic rings. The molecule has 4 aromatic rings. The van der Waals surface area contributed by atoms with Crippen molar-refractivity contribution < 1.29 is 28.2 Å². The summed E-state index contributed by atoms with van der Waals surface area (Å²) in [5.74, 6) is 0.375. The van der Waals surface area contributed by atoms with Crippen LogP contribution in [0.5, 0.6) is 11.5 Å². The van der Waals surface area contributed by atoms with Crippen molar-refractivity contribution in [1.82, 2.24) is 4.90 Å². The van der Waals surface area contributed by atoms with E-state index in [4.69, 9.17) is 18.6 Å². The van der Waals surface area contributed by atoms with Gasteiger partial charge in [-0.2, -0.15) is 0 Å². The summed E-state index contributed by atoms with van der Waals surface area (Å²) in [5.41, 5.74) is 2.14. The van der Waals surface area contributed by atoms with Crippen LogP contribution in [-0.2, 0) is 11.3 Å². The molecule has 1 unspecified atom stereocenters. The summed E-state index contributed by atoms with van der Waals surface area (Å²) in [4.78, 5) is 40.9. The number of ether oxygens (including phenoxy) is 3. The van der Waals surface area contributed by atoms with Gasteiger partial charge in [0, 0.05) is 11.0 Å². The monoisotopic (exact) mass is 547 g/mol. The fraction of sp³-hybridized carbons (Fsp3) is 0.148. The summed E-state index contributed by atoms with van der Waals surface area (Å²) in [6.45, 7) is 0.338. The van der Waals surface area contributed by atoms with Crippen molar-refractivity contribution in [2.75, 3.05) is 13.9 Å². The Morgan fingerprint density at radius 2 is 1.81 bits per heavy atom. The molecular weight excluding hydrogens is 530 g/mol. The zero-order valence-corrected chi connectivity index (χ0v) is 20.5. The first-order valence-corrected chi connectivity index (χ1v) is 11.9. The number of rotatable bonds is 4. The van der Waals surface area contributed by atoms with E-state index in [2.05, 4.69) is 15.9 Å². The second kappa shape index (κ2) is 8.53. The molecule has 180 valence electrons. The SMILES string of the molecule is COC(=O)c1ccc(C2c3c(oc4ccc(Br)cc4c3=O)C(=O)N2Cc2ccc3c(c2)OCO3)cc1. The number of nitrogens with zero attached hydrogens (tertiary/aromatic N) is 1. The third kappa shape index (κ3) is 3.54. The molecule has 2 aliphatic heterocycles. The quantitative estimate of drug-likeness (QED) is 0.338. The van der Waals surface area contributed by atoms with Crippen LogP contribution in [0, 0.1) is 0 Å². The number of fused-ring (bicyclic) bond motifs is 3. The number of hydrogen-bond acceptors (Lipinski definition) is 7. The van der Waals surface area contributed by atoms with Crippen LogP contribution in [0.2, 0.25) is 0 Å². The van der Waals surface area contributed by atoms with E-state index in [9.17, 15) is 14.4 Å². The van der Waals surface area contributed by atoms with Gasteiger partial charge in [-0.3, -0.25) is 9.59 Å². The van der Waals surface area contributed by atoms with E-state index < -0.39 is 17.9 Å². The van der Waals surface area contributed by atoms with Gasteiger partial charge in [-0.05, 0) is 53.6 Å². The van der Waals surface area contributed by atoms with Crippen molar-refractivity contribution >= 4 is 38.8 Å². The molecule has 0 aliphatic carbocycles. The van der Waals surface area contributed by atoms with Gasteiger partial charge in [-0.25, -0.2) is 4.79 Å². The van der Waals surface area contributed by atoms with Gasteiger partial charge in [-0.15, -0.1) is 0 Å². The number of carbonyl (C=O) groups excluding carboxylic acids is 2. The molecular formula is C27H18BrNO7. The van der Waals surface area contributed by atoms with E-state index in [1.165, 1.54) is 7.11 Å². The van der Waals surface area contributed by atoms with Crippen LogP contribution in [0.15, 0.2) is 74.3 Å². The minimum Gasteiger partial charge on any atom is -0.465 e. The Kier molecular flexibility index (Phi) is 5.30. The molecule has 0 bridgehead atoms. The molecule has 6 rings (SSSR count). The molecule has 0 N–H and O–H groups in total. The normalized spacial score (nSPS) is 15.9. The van der Waals surface area contributed by atoms with Gasteiger partial charge >= 0.3 is 5.97 Å². The topological polar surface area (TPSA) is 95.3 Å². The number of benzene rings is 3.